The van der Waals surface area contributed by atoms with Gasteiger partial charge in [0.15, 0.2) is 6.61 Å². The third kappa shape index (κ3) is 5.42. The number of thiophene rings is 1. The first-order valence-electron chi connectivity index (χ1n) is 8.06. The van der Waals surface area contributed by atoms with Gasteiger partial charge < -0.3 is 14.8 Å². The molecule has 0 aliphatic carbocycles. The Morgan fingerprint density at radius 2 is 1.85 bits per heavy atom. The van der Waals surface area contributed by atoms with E-state index in [-0.39, 0.29) is 6.42 Å². The number of amides is 1. The van der Waals surface area contributed by atoms with E-state index in [4.69, 9.17) is 9.47 Å². The molecule has 6 nitrogen and oxygen atoms in total. The molecule has 2 rings (SSSR count). The molecule has 1 unspecified atom stereocenters. The second-order valence-electron chi connectivity index (χ2n) is 5.74. The maximum absolute atomic E-state index is 12.1. The minimum absolute atomic E-state index is 0.288. The SMILES string of the molecule is COC(=O)C(Cc1ccccc1)NC(=O)COC(=O)c1cc(C)sc1C. The number of carbonyl (C=O) groups excluding carboxylic acids is 3. The molecule has 26 heavy (non-hydrogen) atoms. The standard InChI is InChI=1S/C19H21NO5S/c1-12-9-15(13(2)26-12)18(22)25-11-17(21)20-16(19(23)24-3)10-14-7-5-4-6-8-14/h4-9,16H,10-11H2,1-3H3,(H,20,21). The van der Waals surface area contributed by atoms with Crippen molar-refractivity contribution in [3.63, 3.8) is 0 Å². The zero-order chi connectivity index (χ0) is 19.1. The number of esters is 2. The molecule has 0 fully saturated rings. The third-order valence-electron chi connectivity index (χ3n) is 3.70. The van der Waals surface area contributed by atoms with Crippen LogP contribution < -0.4 is 5.32 Å². The van der Waals surface area contributed by atoms with Crippen LogP contribution >= 0.6 is 11.3 Å². The van der Waals surface area contributed by atoms with Crippen LogP contribution in [0.2, 0.25) is 0 Å². The average molecular weight is 375 g/mol. The number of nitrogens with one attached hydrogen (secondary N) is 1. The summed E-state index contributed by atoms with van der Waals surface area (Å²) >= 11 is 1.49. The number of hydrogen-bond acceptors (Lipinski definition) is 6. The molecule has 1 atom stereocenters. The molecule has 0 spiro atoms. The number of ether oxygens (including phenoxy) is 2. The van der Waals surface area contributed by atoms with E-state index in [9.17, 15) is 14.4 Å². The summed E-state index contributed by atoms with van der Waals surface area (Å²) in [7, 11) is 1.26. The second kappa shape index (κ2) is 9.15. The van der Waals surface area contributed by atoms with Crippen molar-refractivity contribution in [3.05, 3.63) is 57.3 Å². The highest BCUT2D eigenvalue weighted by molar-refractivity contribution is 7.12. The zero-order valence-corrected chi connectivity index (χ0v) is 15.7. The molecule has 1 N–H and O–H groups in total. The molecular formula is C19H21NO5S. The first-order chi connectivity index (χ1) is 12.4. The van der Waals surface area contributed by atoms with E-state index in [2.05, 4.69) is 5.32 Å². The quantitative estimate of drug-likeness (QED) is 0.752. The van der Waals surface area contributed by atoms with Crippen molar-refractivity contribution >= 4 is 29.2 Å². The van der Waals surface area contributed by atoms with Gasteiger partial charge in [0.1, 0.15) is 6.04 Å². The molecule has 7 heteroatoms. The summed E-state index contributed by atoms with van der Waals surface area (Å²) < 4.78 is 9.79. The maximum atomic E-state index is 12.1. The fourth-order valence-corrected chi connectivity index (χ4v) is 3.38. The lowest BCUT2D eigenvalue weighted by molar-refractivity contribution is -0.145. The van der Waals surface area contributed by atoms with Crippen LogP contribution in [0, 0.1) is 13.8 Å². The molecule has 1 amide bonds. The Bertz CT molecular complexity index is 784. The Labute approximate surface area is 156 Å². The fraction of sp³-hybridized carbons (Fsp3) is 0.316. The van der Waals surface area contributed by atoms with Crippen molar-refractivity contribution in [1.29, 1.82) is 0 Å². The van der Waals surface area contributed by atoms with E-state index in [1.54, 1.807) is 6.07 Å². The van der Waals surface area contributed by atoms with Gasteiger partial charge in [0.2, 0.25) is 0 Å². The molecule has 0 bridgehead atoms. The van der Waals surface area contributed by atoms with Crippen molar-refractivity contribution in [2.45, 2.75) is 26.3 Å². The summed E-state index contributed by atoms with van der Waals surface area (Å²) in [5.74, 6) is -1.67. The first kappa shape index (κ1) is 19.7. The maximum Gasteiger partial charge on any atom is 0.339 e. The van der Waals surface area contributed by atoms with E-state index in [1.807, 2.05) is 44.2 Å². The van der Waals surface area contributed by atoms with E-state index in [0.29, 0.717) is 5.56 Å². The number of carbonyl (C=O) groups is 3. The molecule has 138 valence electrons. The molecule has 0 saturated heterocycles. The highest BCUT2D eigenvalue weighted by atomic mass is 32.1. The van der Waals surface area contributed by atoms with Gasteiger partial charge in [-0.25, -0.2) is 9.59 Å². The van der Waals surface area contributed by atoms with Gasteiger partial charge in [-0.3, -0.25) is 4.79 Å². The van der Waals surface area contributed by atoms with Gasteiger partial charge in [-0.05, 0) is 25.5 Å². The minimum atomic E-state index is -0.848. The lowest BCUT2D eigenvalue weighted by Gasteiger charge is -2.16. The lowest BCUT2D eigenvalue weighted by Crippen LogP contribution is -2.44. The Hall–Kier alpha value is -2.67. The van der Waals surface area contributed by atoms with Crippen molar-refractivity contribution in [3.8, 4) is 0 Å². The van der Waals surface area contributed by atoms with Crippen molar-refractivity contribution in [1.82, 2.24) is 5.32 Å². The minimum Gasteiger partial charge on any atom is -0.467 e. The summed E-state index contributed by atoms with van der Waals surface area (Å²) in [5, 5.41) is 2.55. The predicted molar refractivity (Wildman–Crippen MR) is 98.2 cm³/mol. The summed E-state index contributed by atoms with van der Waals surface area (Å²) in [6, 6.07) is 10.1. The van der Waals surface area contributed by atoms with Gasteiger partial charge in [0.05, 0.1) is 12.7 Å². The topological polar surface area (TPSA) is 81.7 Å². The van der Waals surface area contributed by atoms with Crippen LogP contribution in [0.3, 0.4) is 0 Å². The van der Waals surface area contributed by atoms with E-state index >= 15 is 0 Å². The average Bonchev–Trinajstić information content (AvgIpc) is 2.97. The van der Waals surface area contributed by atoms with Gasteiger partial charge >= 0.3 is 11.9 Å². The fourth-order valence-electron chi connectivity index (χ4n) is 2.46. The van der Waals surface area contributed by atoms with Crippen molar-refractivity contribution in [2.75, 3.05) is 13.7 Å². The van der Waals surface area contributed by atoms with Crippen LogP contribution in [-0.2, 0) is 25.5 Å². The van der Waals surface area contributed by atoms with Crippen LogP contribution in [-0.4, -0.2) is 37.6 Å². The monoisotopic (exact) mass is 375 g/mol. The summed E-state index contributed by atoms with van der Waals surface area (Å²) in [4.78, 5) is 37.9. The van der Waals surface area contributed by atoms with Crippen molar-refractivity contribution < 1.29 is 23.9 Å². The second-order valence-corrected chi connectivity index (χ2v) is 7.20. The smallest absolute Gasteiger partial charge is 0.339 e. The molecule has 0 radical (unpaired) electrons. The van der Waals surface area contributed by atoms with Gasteiger partial charge in [0.25, 0.3) is 5.91 Å². The highest BCUT2D eigenvalue weighted by Crippen LogP contribution is 2.21. The number of aryl methyl sites for hydroxylation is 2. The Morgan fingerprint density at radius 3 is 2.42 bits per heavy atom. The largest absolute Gasteiger partial charge is 0.467 e. The summed E-state index contributed by atoms with van der Waals surface area (Å²) in [5.41, 5.74) is 1.33. The number of hydrogen-bond donors (Lipinski definition) is 1. The van der Waals surface area contributed by atoms with Gasteiger partial charge in [-0.15, -0.1) is 11.3 Å². The van der Waals surface area contributed by atoms with Crippen LogP contribution in [0.15, 0.2) is 36.4 Å². The van der Waals surface area contributed by atoms with E-state index in [1.165, 1.54) is 18.4 Å². The van der Waals surface area contributed by atoms with Gasteiger partial charge in [-0.1, -0.05) is 30.3 Å². The number of rotatable bonds is 7. The lowest BCUT2D eigenvalue weighted by atomic mass is 10.1. The highest BCUT2D eigenvalue weighted by Gasteiger charge is 2.23. The predicted octanol–water partition coefficient (Wildman–Crippen LogP) is 2.42. The van der Waals surface area contributed by atoms with Crippen LogP contribution in [0.4, 0.5) is 0 Å². The number of methoxy groups -OCH3 is 1. The third-order valence-corrected chi connectivity index (χ3v) is 4.66. The molecule has 1 aromatic carbocycles. The molecule has 0 saturated carbocycles. The Balaban J connectivity index is 1.93. The van der Waals surface area contributed by atoms with E-state index < -0.39 is 30.5 Å². The molecular weight excluding hydrogens is 354 g/mol. The zero-order valence-electron chi connectivity index (χ0n) is 14.9. The van der Waals surface area contributed by atoms with Gasteiger partial charge in [0, 0.05) is 16.2 Å². The molecule has 1 heterocycles. The Kier molecular flexibility index (Phi) is 6.91. The van der Waals surface area contributed by atoms with E-state index in [0.717, 1.165) is 15.3 Å². The first-order valence-corrected chi connectivity index (χ1v) is 8.87. The molecule has 0 aliphatic heterocycles. The molecule has 2 aromatic rings. The van der Waals surface area contributed by atoms with Crippen molar-refractivity contribution in [2.24, 2.45) is 0 Å². The molecule has 0 aliphatic rings. The Morgan fingerprint density at radius 1 is 1.15 bits per heavy atom. The summed E-state index contributed by atoms with van der Waals surface area (Å²) in [6.45, 7) is 3.25. The van der Waals surface area contributed by atoms with Gasteiger partial charge in [-0.2, -0.15) is 0 Å². The number of benzene rings is 1. The van der Waals surface area contributed by atoms with Crippen LogP contribution in [0.5, 0.6) is 0 Å². The normalized spacial score (nSPS) is 11.5. The summed E-state index contributed by atoms with van der Waals surface area (Å²) in [6.07, 6.45) is 0.288. The molecule has 1 aromatic heterocycles. The van der Waals surface area contributed by atoms with Crippen LogP contribution in [0.25, 0.3) is 0 Å². The van der Waals surface area contributed by atoms with Crippen LogP contribution in [0.1, 0.15) is 25.7 Å².